The molecule has 0 atom stereocenters. The Labute approximate surface area is 249 Å². The molecule has 5 rings (SSSR count). The Morgan fingerprint density at radius 3 is 2.39 bits per heavy atom. The summed E-state index contributed by atoms with van der Waals surface area (Å²) < 4.78 is 13.4. The van der Waals surface area contributed by atoms with Crippen LogP contribution in [0.4, 0.5) is 22.0 Å². The van der Waals surface area contributed by atoms with Crippen molar-refractivity contribution in [2.75, 3.05) is 17.3 Å². The number of imidazole rings is 1. The molecule has 2 N–H and O–H groups in total. The predicted octanol–water partition coefficient (Wildman–Crippen LogP) is 7.09. The molecule has 1 aliphatic rings. The van der Waals surface area contributed by atoms with Crippen LogP contribution >= 0.6 is 15.9 Å². The SMILES string of the molecule is COc1ccc(CN(c2ccccc2)c2cc(NC3CCC(NC(=O)OC(C)(C)C)CC3)nn3c(Br)cnc23)cc1. The minimum atomic E-state index is -0.506. The molecular weight excluding hydrogens is 584 g/mol. The van der Waals surface area contributed by atoms with E-state index in [0.717, 1.165) is 64.4 Å². The fourth-order valence-electron chi connectivity index (χ4n) is 5.10. The van der Waals surface area contributed by atoms with E-state index in [-0.39, 0.29) is 18.2 Å². The van der Waals surface area contributed by atoms with E-state index in [1.165, 1.54) is 0 Å². The summed E-state index contributed by atoms with van der Waals surface area (Å²) in [6.07, 6.45) is 4.99. The van der Waals surface area contributed by atoms with Gasteiger partial charge in [-0.25, -0.2) is 14.3 Å². The third-order valence-corrected chi connectivity index (χ3v) is 7.61. The number of nitrogens with zero attached hydrogens (tertiary/aromatic N) is 4. The molecule has 1 saturated carbocycles. The van der Waals surface area contributed by atoms with Gasteiger partial charge in [0, 0.05) is 30.4 Å². The van der Waals surface area contributed by atoms with Crippen molar-refractivity contribution in [2.45, 2.75) is 70.7 Å². The van der Waals surface area contributed by atoms with E-state index in [0.29, 0.717) is 6.54 Å². The van der Waals surface area contributed by atoms with Crippen molar-refractivity contribution in [3.63, 3.8) is 0 Å². The molecule has 2 aromatic heterocycles. The molecule has 0 unspecified atom stereocenters. The molecule has 0 saturated heterocycles. The molecule has 1 aliphatic carbocycles. The molecule has 41 heavy (non-hydrogen) atoms. The Bertz CT molecular complexity index is 1460. The quantitative estimate of drug-likeness (QED) is 0.217. The summed E-state index contributed by atoms with van der Waals surface area (Å²) in [6.45, 7) is 6.26. The Morgan fingerprint density at radius 2 is 1.73 bits per heavy atom. The lowest BCUT2D eigenvalue weighted by molar-refractivity contribution is 0.0492. The highest BCUT2D eigenvalue weighted by Gasteiger charge is 2.26. The van der Waals surface area contributed by atoms with E-state index in [2.05, 4.69) is 61.8 Å². The van der Waals surface area contributed by atoms with E-state index in [4.69, 9.17) is 19.6 Å². The van der Waals surface area contributed by atoms with Gasteiger partial charge < -0.3 is 25.0 Å². The van der Waals surface area contributed by atoms with Crippen LogP contribution in [0.1, 0.15) is 52.0 Å². The van der Waals surface area contributed by atoms with Crippen molar-refractivity contribution >= 4 is 44.9 Å². The number of aromatic nitrogens is 3. The van der Waals surface area contributed by atoms with Crippen LogP contribution in [-0.2, 0) is 11.3 Å². The molecule has 2 aromatic carbocycles. The second-order valence-corrected chi connectivity index (χ2v) is 12.2. The van der Waals surface area contributed by atoms with Gasteiger partial charge in [0.25, 0.3) is 0 Å². The smallest absolute Gasteiger partial charge is 0.407 e. The second-order valence-electron chi connectivity index (χ2n) is 11.3. The molecule has 1 fully saturated rings. The van der Waals surface area contributed by atoms with Crippen molar-refractivity contribution < 1.29 is 14.3 Å². The predicted molar refractivity (Wildman–Crippen MR) is 165 cm³/mol. The minimum absolute atomic E-state index is 0.106. The third-order valence-electron chi connectivity index (χ3n) is 7.07. The van der Waals surface area contributed by atoms with Crippen LogP contribution in [-0.4, -0.2) is 45.5 Å². The second kappa shape index (κ2) is 12.4. The molecule has 0 bridgehead atoms. The monoisotopic (exact) mass is 620 g/mol. The number of fused-ring (bicyclic) bond motifs is 1. The van der Waals surface area contributed by atoms with E-state index in [1.807, 2.05) is 55.6 Å². The number of ether oxygens (including phenoxy) is 2. The van der Waals surface area contributed by atoms with Crippen molar-refractivity contribution in [1.82, 2.24) is 19.9 Å². The molecule has 0 radical (unpaired) electrons. The number of hydrogen-bond donors (Lipinski definition) is 2. The summed E-state index contributed by atoms with van der Waals surface area (Å²) in [5.41, 5.74) is 3.38. The lowest BCUT2D eigenvalue weighted by Gasteiger charge is -2.31. The number of amides is 1. The number of alkyl carbamates (subject to hydrolysis) is 1. The molecule has 0 spiro atoms. The van der Waals surface area contributed by atoms with Crippen LogP contribution in [0.15, 0.2) is 71.5 Å². The Balaban J connectivity index is 1.38. The first kappa shape index (κ1) is 28.7. The first-order valence-electron chi connectivity index (χ1n) is 13.9. The Kier molecular flexibility index (Phi) is 8.68. The number of nitrogens with one attached hydrogen (secondary N) is 2. The van der Waals surface area contributed by atoms with E-state index < -0.39 is 5.60 Å². The summed E-state index contributed by atoms with van der Waals surface area (Å²) in [7, 11) is 1.67. The number of benzene rings is 2. The van der Waals surface area contributed by atoms with Crippen LogP contribution in [0.5, 0.6) is 5.75 Å². The van der Waals surface area contributed by atoms with Gasteiger partial charge in [-0.15, -0.1) is 5.10 Å². The number of halogens is 1. The number of hydrogen-bond acceptors (Lipinski definition) is 7. The first-order chi connectivity index (χ1) is 19.7. The highest BCUT2D eigenvalue weighted by molar-refractivity contribution is 9.10. The van der Waals surface area contributed by atoms with E-state index in [9.17, 15) is 4.79 Å². The molecular formula is C31H37BrN6O3. The molecule has 216 valence electrons. The summed E-state index contributed by atoms with van der Waals surface area (Å²) in [5.74, 6) is 1.59. The van der Waals surface area contributed by atoms with Crippen molar-refractivity contribution in [3.05, 3.63) is 77.0 Å². The number of anilines is 3. The first-order valence-corrected chi connectivity index (χ1v) is 14.7. The van der Waals surface area contributed by atoms with Crippen molar-refractivity contribution in [2.24, 2.45) is 0 Å². The van der Waals surface area contributed by atoms with Crippen LogP contribution < -0.4 is 20.3 Å². The highest BCUT2D eigenvalue weighted by Crippen LogP contribution is 2.34. The zero-order chi connectivity index (χ0) is 29.0. The topological polar surface area (TPSA) is 93.0 Å². The van der Waals surface area contributed by atoms with E-state index in [1.54, 1.807) is 13.3 Å². The standard InChI is InChI=1S/C31H37BrN6O3/c1-31(2,3)41-30(39)35-23-14-12-22(13-15-23)34-28-18-26(29-33-19-27(32)38(29)36-28)37(24-8-6-5-7-9-24)20-21-10-16-25(40-4)17-11-21/h5-11,16-19,22-23H,12-15,20H2,1-4H3,(H,34,36)(H,35,39). The maximum atomic E-state index is 12.2. The number of rotatable bonds is 8. The van der Waals surface area contributed by atoms with Gasteiger partial charge in [0.1, 0.15) is 21.8 Å². The molecule has 10 heteroatoms. The van der Waals surface area contributed by atoms with Crippen LogP contribution in [0, 0.1) is 0 Å². The highest BCUT2D eigenvalue weighted by atomic mass is 79.9. The Morgan fingerprint density at radius 1 is 1.05 bits per heavy atom. The zero-order valence-electron chi connectivity index (χ0n) is 23.9. The molecule has 2 heterocycles. The lowest BCUT2D eigenvalue weighted by atomic mass is 9.91. The number of carbonyl (C=O) groups is 1. The van der Waals surface area contributed by atoms with Crippen LogP contribution in [0.3, 0.4) is 0 Å². The van der Waals surface area contributed by atoms with Gasteiger partial charge in [0.2, 0.25) is 0 Å². The maximum absolute atomic E-state index is 12.2. The largest absolute Gasteiger partial charge is 0.497 e. The zero-order valence-corrected chi connectivity index (χ0v) is 25.5. The molecule has 0 aliphatic heterocycles. The minimum Gasteiger partial charge on any atom is -0.497 e. The van der Waals surface area contributed by atoms with Gasteiger partial charge in [-0.1, -0.05) is 30.3 Å². The maximum Gasteiger partial charge on any atom is 0.407 e. The van der Waals surface area contributed by atoms with Crippen LogP contribution in [0.2, 0.25) is 0 Å². The summed E-state index contributed by atoms with van der Waals surface area (Å²) >= 11 is 3.63. The number of para-hydroxylation sites is 1. The average molecular weight is 622 g/mol. The van der Waals surface area contributed by atoms with Crippen molar-refractivity contribution in [1.29, 1.82) is 0 Å². The van der Waals surface area contributed by atoms with Crippen LogP contribution in [0.25, 0.3) is 5.65 Å². The normalized spacial score (nSPS) is 17.2. The van der Waals surface area contributed by atoms with Gasteiger partial charge >= 0.3 is 6.09 Å². The summed E-state index contributed by atoms with van der Waals surface area (Å²) in [6, 6.07) is 20.8. The Hall–Kier alpha value is -3.79. The molecule has 4 aromatic rings. The molecule has 1 amide bonds. The fourth-order valence-corrected chi connectivity index (χ4v) is 5.45. The number of carbonyl (C=O) groups excluding carboxylic acids is 1. The van der Waals surface area contributed by atoms with Gasteiger partial charge in [-0.2, -0.15) is 0 Å². The van der Waals surface area contributed by atoms with Gasteiger partial charge in [-0.05, 0) is 92.2 Å². The van der Waals surface area contributed by atoms with Gasteiger partial charge in [0.05, 0.1) is 19.0 Å². The lowest BCUT2D eigenvalue weighted by Crippen LogP contribution is -2.42. The summed E-state index contributed by atoms with van der Waals surface area (Å²) in [5, 5.41) is 11.5. The molecule has 9 nitrogen and oxygen atoms in total. The third kappa shape index (κ3) is 7.30. The average Bonchev–Trinajstić information content (AvgIpc) is 3.32. The van der Waals surface area contributed by atoms with Gasteiger partial charge in [-0.3, -0.25) is 0 Å². The fraction of sp³-hybridized carbons (Fsp3) is 0.387. The number of methoxy groups -OCH3 is 1. The van der Waals surface area contributed by atoms with Gasteiger partial charge in [0.15, 0.2) is 5.65 Å². The van der Waals surface area contributed by atoms with E-state index >= 15 is 0 Å². The van der Waals surface area contributed by atoms with Crippen molar-refractivity contribution in [3.8, 4) is 5.75 Å². The summed E-state index contributed by atoms with van der Waals surface area (Å²) in [4.78, 5) is 19.2.